The zero-order chi connectivity index (χ0) is 19.3. The van der Waals surface area contributed by atoms with E-state index < -0.39 is 0 Å². The van der Waals surface area contributed by atoms with Gasteiger partial charge in [-0.2, -0.15) is 0 Å². The Kier molecular flexibility index (Phi) is 9.86. The summed E-state index contributed by atoms with van der Waals surface area (Å²) in [6.07, 6.45) is 21.2. The van der Waals surface area contributed by atoms with E-state index in [4.69, 9.17) is 0 Å². The minimum Gasteiger partial charge on any atom is -0.369 e. The Balaban J connectivity index is 2.13. The lowest BCUT2D eigenvalue weighted by atomic mass is 10.0. The molecule has 0 N–H and O–H groups in total. The number of allylic oxidation sites excluding steroid dienone is 5. The van der Waals surface area contributed by atoms with Crippen molar-refractivity contribution in [2.75, 3.05) is 0 Å². The SMILES string of the molecule is C=CN(C(C)CC/C=C\C)C1/C=C\S/C(c2ccccc2)=C\C=C\CCC1. The summed E-state index contributed by atoms with van der Waals surface area (Å²) in [7, 11) is 0. The Hall–Kier alpha value is -1.93. The molecule has 2 rings (SSSR count). The predicted molar refractivity (Wildman–Crippen MR) is 123 cm³/mol. The topological polar surface area (TPSA) is 3.24 Å². The fourth-order valence-electron chi connectivity index (χ4n) is 3.35. The van der Waals surface area contributed by atoms with Gasteiger partial charge in [0.1, 0.15) is 0 Å². The first-order chi connectivity index (χ1) is 13.3. The Labute approximate surface area is 170 Å². The largest absolute Gasteiger partial charge is 0.369 e. The highest BCUT2D eigenvalue weighted by molar-refractivity contribution is 8.10. The normalized spacial score (nSPS) is 23.6. The third-order valence-electron chi connectivity index (χ3n) is 4.90. The van der Waals surface area contributed by atoms with Gasteiger partial charge in [-0.05, 0) is 69.2 Å². The molecular formula is C25H33NS. The molecule has 0 aromatic heterocycles. The van der Waals surface area contributed by atoms with Gasteiger partial charge in [-0.1, -0.05) is 79.1 Å². The van der Waals surface area contributed by atoms with Gasteiger partial charge in [0.05, 0.1) is 0 Å². The number of hydrogen-bond acceptors (Lipinski definition) is 2. The monoisotopic (exact) mass is 379 g/mol. The van der Waals surface area contributed by atoms with E-state index in [0.717, 1.165) is 25.7 Å². The van der Waals surface area contributed by atoms with E-state index in [0.29, 0.717) is 12.1 Å². The molecule has 0 fully saturated rings. The minimum absolute atomic E-state index is 0.402. The summed E-state index contributed by atoms with van der Waals surface area (Å²) < 4.78 is 0. The number of rotatable bonds is 7. The highest BCUT2D eigenvalue weighted by Gasteiger charge is 2.17. The van der Waals surface area contributed by atoms with Gasteiger partial charge in [-0.25, -0.2) is 0 Å². The van der Waals surface area contributed by atoms with Crippen molar-refractivity contribution in [1.29, 1.82) is 0 Å². The van der Waals surface area contributed by atoms with E-state index in [1.807, 2.05) is 6.20 Å². The zero-order valence-electron chi connectivity index (χ0n) is 16.8. The molecule has 2 unspecified atom stereocenters. The number of benzene rings is 1. The second-order valence-electron chi connectivity index (χ2n) is 6.89. The molecule has 0 radical (unpaired) electrons. The van der Waals surface area contributed by atoms with Crippen molar-refractivity contribution in [2.45, 2.75) is 58.0 Å². The van der Waals surface area contributed by atoms with Gasteiger partial charge in [0.25, 0.3) is 0 Å². The zero-order valence-corrected chi connectivity index (χ0v) is 17.6. The summed E-state index contributed by atoms with van der Waals surface area (Å²) in [4.78, 5) is 3.73. The van der Waals surface area contributed by atoms with Gasteiger partial charge in [0, 0.05) is 17.0 Å². The van der Waals surface area contributed by atoms with Crippen LogP contribution >= 0.6 is 11.8 Å². The van der Waals surface area contributed by atoms with Gasteiger partial charge in [0.2, 0.25) is 0 Å². The van der Waals surface area contributed by atoms with Crippen LogP contribution in [-0.4, -0.2) is 17.0 Å². The molecule has 1 heterocycles. The first-order valence-corrected chi connectivity index (χ1v) is 10.9. The maximum absolute atomic E-state index is 4.10. The Bertz CT molecular complexity index is 669. The molecule has 0 bridgehead atoms. The van der Waals surface area contributed by atoms with Crippen LogP contribution in [0.15, 0.2) is 85.0 Å². The van der Waals surface area contributed by atoms with E-state index in [1.54, 1.807) is 11.8 Å². The molecule has 1 aliphatic heterocycles. The summed E-state index contributed by atoms with van der Waals surface area (Å²) >= 11 is 1.80. The fourth-order valence-corrected chi connectivity index (χ4v) is 4.18. The third-order valence-corrected chi connectivity index (χ3v) is 5.82. The van der Waals surface area contributed by atoms with Gasteiger partial charge >= 0.3 is 0 Å². The van der Waals surface area contributed by atoms with Crippen LogP contribution in [0, 0.1) is 0 Å². The van der Waals surface area contributed by atoms with Crippen LogP contribution in [0.5, 0.6) is 0 Å². The van der Waals surface area contributed by atoms with Crippen LogP contribution in [0.4, 0.5) is 0 Å². The lowest BCUT2D eigenvalue weighted by Gasteiger charge is -2.34. The van der Waals surface area contributed by atoms with Crippen molar-refractivity contribution < 1.29 is 0 Å². The van der Waals surface area contributed by atoms with Crippen LogP contribution in [0.3, 0.4) is 0 Å². The first-order valence-electron chi connectivity index (χ1n) is 10.0. The molecule has 1 aromatic rings. The lowest BCUT2D eigenvalue weighted by Crippen LogP contribution is -2.36. The van der Waals surface area contributed by atoms with Crippen LogP contribution in [0.25, 0.3) is 4.91 Å². The molecule has 1 aromatic carbocycles. The molecule has 1 aliphatic rings. The molecule has 0 saturated heterocycles. The van der Waals surface area contributed by atoms with E-state index in [1.165, 1.54) is 16.9 Å². The van der Waals surface area contributed by atoms with E-state index in [9.17, 15) is 0 Å². The van der Waals surface area contributed by atoms with E-state index in [2.05, 4.69) is 97.5 Å². The molecule has 2 atom stereocenters. The van der Waals surface area contributed by atoms with Crippen molar-refractivity contribution >= 4 is 16.7 Å². The third kappa shape index (κ3) is 7.30. The van der Waals surface area contributed by atoms with Crippen LogP contribution in [-0.2, 0) is 0 Å². The molecule has 1 nitrogen and oxygen atoms in total. The van der Waals surface area contributed by atoms with Crippen LogP contribution in [0.2, 0.25) is 0 Å². The van der Waals surface area contributed by atoms with Crippen molar-refractivity contribution in [3.05, 3.63) is 90.5 Å². The molecule has 2 heteroatoms. The second kappa shape index (κ2) is 12.5. The first kappa shape index (κ1) is 21.4. The van der Waals surface area contributed by atoms with Crippen LogP contribution < -0.4 is 0 Å². The molecule has 0 amide bonds. The summed E-state index contributed by atoms with van der Waals surface area (Å²) in [5, 5.41) is 2.26. The average Bonchev–Trinajstić information content (AvgIpc) is 2.75. The molecule has 27 heavy (non-hydrogen) atoms. The van der Waals surface area contributed by atoms with Crippen LogP contribution in [0.1, 0.15) is 51.5 Å². The number of hydrogen-bond donors (Lipinski definition) is 0. The predicted octanol–water partition coefficient (Wildman–Crippen LogP) is 7.57. The van der Waals surface area contributed by atoms with Gasteiger partial charge in [-0.15, -0.1) is 0 Å². The van der Waals surface area contributed by atoms with Crippen molar-refractivity contribution in [1.82, 2.24) is 4.90 Å². The average molecular weight is 380 g/mol. The van der Waals surface area contributed by atoms with Crippen molar-refractivity contribution in [3.8, 4) is 0 Å². The quantitative estimate of drug-likeness (QED) is 0.449. The van der Waals surface area contributed by atoms with Gasteiger partial charge in [-0.3, -0.25) is 0 Å². The maximum Gasteiger partial charge on any atom is 0.0478 e. The summed E-state index contributed by atoms with van der Waals surface area (Å²) in [6, 6.07) is 11.5. The molecule has 0 spiro atoms. The summed E-state index contributed by atoms with van der Waals surface area (Å²) in [5.74, 6) is 0. The maximum atomic E-state index is 4.10. The van der Waals surface area contributed by atoms with E-state index >= 15 is 0 Å². The molecule has 0 saturated carbocycles. The fraction of sp³-hybridized carbons (Fsp3) is 0.360. The minimum atomic E-state index is 0.402. The molecule has 0 aliphatic carbocycles. The smallest absolute Gasteiger partial charge is 0.0478 e. The Morgan fingerprint density at radius 3 is 2.85 bits per heavy atom. The summed E-state index contributed by atoms with van der Waals surface area (Å²) in [6.45, 7) is 8.51. The second-order valence-corrected chi connectivity index (χ2v) is 7.84. The lowest BCUT2D eigenvalue weighted by molar-refractivity contribution is 0.228. The highest BCUT2D eigenvalue weighted by atomic mass is 32.2. The standard InChI is InChI=1S/C25H33NS/c1-4-6-10-15-22(3)26(5-2)24-18-13-7-8-14-19-25(27-21-20-24)23-16-11-9-12-17-23/h4-6,8-9,11-12,14,16-17,19-22,24H,2,7,10,13,15,18H2,1,3H3/b6-4-,14-8+,21-20-,25-19-. The Morgan fingerprint density at radius 1 is 1.30 bits per heavy atom. The van der Waals surface area contributed by atoms with Crippen molar-refractivity contribution in [3.63, 3.8) is 0 Å². The van der Waals surface area contributed by atoms with E-state index in [-0.39, 0.29) is 0 Å². The van der Waals surface area contributed by atoms with Crippen molar-refractivity contribution in [2.24, 2.45) is 0 Å². The van der Waals surface area contributed by atoms with Gasteiger partial charge < -0.3 is 4.90 Å². The van der Waals surface area contributed by atoms with Gasteiger partial charge in [0.15, 0.2) is 0 Å². The molecular weight excluding hydrogens is 346 g/mol. The summed E-state index contributed by atoms with van der Waals surface area (Å²) in [5.41, 5.74) is 1.27. The Morgan fingerprint density at radius 2 is 2.11 bits per heavy atom. The highest BCUT2D eigenvalue weighted by Crippen LogP contribution is 2.30. The number of nitrogens with zero attached hydrogens (tertiary/aromatic N) is 1. The number of thioether (sulfide) groups is 1. The molecule has 144 valence electrons.